The largest absolute Gasteiger partial charge is 0.390 e. The Morgan fingerprint density at radius 1 is 1.36 bits per heavy atom. The van der Waals surface area contributed by atoms with Crippen molar-refractivity contribution in [3.8, 4) is 0 Å². The monoisotopic (exact) mass is 163 g/mol. The first-order valence-corrected chi connectivity index (χ1v) is 3.55. The van der Waals surface area contributed by atoms with Crippen molar-refractivity contribution in [1.29, 1.82) is 0 Å². The maximum absolute atomic E-state index is 9.10. The standard InChI is InChI=1S/C6H13NO4/c7-2-3-1-4(8)5(9)6(10)11-3/h3-6,8-10H,1-2,7H2/t3-,4-,5+,6+/m0/s1. The molecule has 5 heteroatoms. The van der Waals surface area contributed by atoms with Crippen LogP contribution < -0.4 is 5.73 Å². The highest BCUT2D eigenvalue weighted by Gasteiger charge is 2.34. The molecule has 66 valence electrons. The number of hydrogen-bond acceptors (Lipinski definition) is 5. The minimum atomic E-state index is -1.31. The summed E-state index contributed by atoms with van der Waals surface area (Å²) >= 11 is 0. The van der Waals surface area contributed by atoms with Crippen molar-refractivity contribution in [1.82, 2.24) is 0 Å². The molecule has 1 saturated heterocycles. The predicted molar refractivity (Wildman–Crippen MR) is 36.6 cm³/mol. The van der Waals surface area contributed by atoms with Crippen LogP contribution in [-0.2, 0) is 4.74 Å². The molecule has 4 atom stereocenters. The molecule has 0 saturated carbocycles. The number of rotatable bonds is 1. The average molecular weight is 163 g/mol. The second-order valence-corrected chi connectivity index (χ2v) is 2.68. The summed E-state index contributed by atoms with van der Waals surface area (Å²) in [5, 5.41) is 27.1. The van der Waals surface area contributed by atoms with Crippen LogP contribution in [0.25, 0.3) is 0 Å². The van der Waals surface area contributed by atoms with Crippen molar-refractivity contribution in [3.05, 3.63) is 0 Å². The Bertz CT molecular complexity index is 120. The average Bonchev–Trinajstić information content (AvgIpc) is 1.99. The second-order valence-electron chi connectivity index (χ2n) is 2.68. The van der Waals surface area contributed by atoms with Gasteiger partial charge in [-0.3, -0.25) is 0 Å². The van der Waals surface area contributed by atoms with E-state index in [9.17, 15) is 0 Å². The third kappa shape index (κ3) is 1.88. The van der Waals surface area contributed by atoms with Crippen molar-refractivity contribution in [2.24, 2.45) is 5.73 Å². The molecule has 5 nitrogen and oxygen atoms in total. The van der Waals surface area contributed by atoms with Gasteiger partial charge in [0.1, 0.15) is 6.10 Å². The Hall–Kier alpha value is -0.200. The van der Waals surface area contributed by atoms with Gasteiger partial charge in [-0.25, -0.2) is 0 Å². The Labute approximate surface area is 64.4 Å². The van der Waals surface area contributed by atoms with Crippen molar-refractivity contribution in [2.75, 3.05) is 6.54 Å². The van der Waals surface area contributed by atoms with Crippen LogP contribution in [0.5, 0.6) is 0 Å². The normalized spacial score (nSPS) is 45.8. The van der Waals surface area contributed by atoms with Crippen LogP contribution in [0.4, 0.5) is 0 Å². The van der Waals surface area contributed by atoms with E-state index in [0.717, 1.165) is 0 Å². The molecule has 1 fully saturated rings. The van der Waals surface area contributed by atoms with E-state index in [0.29, 0.717) is 0 Å². The number of nitrogens with two attached hydrogens (primary N) is 1. The van der Waals surface area contributed by atoms with Gasteiger partial charge in [0.15, 0.2) is 6.29 Å². The molecule has 5 N–H and O–H groups in total. The molecular weight excluding hydrogens is 150 g/mol. The molecular formula is C6H13NO4. The zero-order chi connectivity index (χ0) is 8.43. The van der Waals surface area contributed by atoms with Gasteiger partial charge in [-0.05, 0) is 0 Å². The van der Waals surface area contributed by atoms with E-state index < -0.39 is 18.5 Å². The maximum atomic E-state index is 9.10. The highest BCUT2D eigenvalue weighted by molar-refractivity contribution is 4.80. The quantitative estimate of drug-likeness (QED) is 0.351. The van der Waals surface area contributed by atoms with Gasteiger partial charge in [0.25, 0.3) is 0 Å². The van der Waals surface area contributed by atoms with E-state index in [-0.39, 0.29) is 19.1 Å². The Balaban J connectivity index is 2.47. The van der Waals surface area contributed by atoms with Gasteiger partial charge in [0.05, 0.1) is 12.2 Å². The first-order valence-electron chi connectivity index (χ1n) is 3.55. The van der Waals surface area contributed by atoms with Gasteiger partial charge in [0.2, 0.25) is 0 Å². The van der Waals surface area contributed by atoms with Crippen LogP contribution in [0, 0.1) is 0 Å². The predicted octanol–water partition coefficient (Wildman–Crippen LogP) is -2.23. The van der Waals surface area contributed by atoms with Crippen molar-refractivity contribution in [2.45, 2.75) is 31.0 Å². The first kappa shape index (κ1) is 8.89. The molecule has 1 rings (SSSR count). The third-order valence-electron chi connectivity index (χ3n) is 1.79. The molecule has 0 aliphatic carbocycles. The molecule has 0 bridgehead atoms. The topological polar surface area (TPSA) is 95.9 Å². The van der Waals surface area contributed by atoms with Crippen LogP contribution >= 0.6 is 0 Å². The maximum Gasteiger partial charge on any atom is 0.183 e. The number of ether oxygens (including phenoxy) is 1. The summed E-state index contributed by atoms with van der Waals surface area (Å²) in [5.74, 6) is 0. The van der Waals surface area contributed by atoms with Gasteiger partial charge < -0.3 is 25.8 Å². The van der Waals surface area contributed by atoms with E-state index in [1.165, 1.54) is 0 Å². The lowest BCUT2D eigenvalue weighted by Crippen LogP contribution is -2.50. The van der Waals surface area contributed by atoms with Gasteiger partial charge in [-0.1, -0.05) is 0 Å². The molecule has 0 aromatic rings. The molecule has 1 aliphatic rings. The molecule has 0 aromatic heterocycles. The van der Waals surface area contributed by atoms with Crippen LogP contribution in [0.1, 0.15) is 6.42 Å². The molecule has 0 radical (unpaired) electrons. The summed E-state index contributed by atoms with van der Waals surface area (Å²) in [6.07, 6.45) is -3.55. The van der Waals surface area contributed by atoms with Crippen molar-refractivity contribution in [3.63, 3.8) is 0 Å². The summed E-state index contributed by atoms with van der Waals surface area (Å²) in [7, 11) is 0. The van der Waals surface area contributed by atoms with E-state index in [2.05, 4.69) is 0 Å². The molecule has 0 amide bonds. The van der Waals surface area contributed by atoms with Gasteiger partial charge >= 0.3 is 0 Å². The third-order valence-corrected chi connectivity index (χ3v) is 1.79. The smallest absolute Gasteiger partial charge is 0.183 e. The lowest BCUT2D eigenvalue weighted by molar-refractivity contribution is -0.244. The molecule has 0 unspecified atom stereocenters. The van der Waals surface area contributed by atoms with Gasteiger partial charge in [-0.2, -0.15) is 0 Å². The highest BCUT2D eigenvalue weighted by Crippen LogP contribution is 2.17. The summed E-state index contributed by atoms with van der Waals surface area (Å²) in [5.41, 5.74) is 5.24. The number of aliphatic hydroxyl groups is 3. The summed E-state index contributed by atoms with van der Waals surface area (Å²) < 4.78 is 4.84. The van der Waals surface area contributed by atoms with Crippen LogP contribution in [-0.4, -0.2) is 46.5 Å². The van der Waals surface area contributed by atoms with E-state index in [1.54, 1.807) is 0 Å². The zero-order valence-corrected chi connectivity index (χ0v) is 6.05. The molecule has 0 aromatic carbocycles. The first-order chi connectivity index (χ1) is 5.15. The van der Waals surface area contributed by atoms with Crippen LogP contribution in [0.2, 0.25) is 0 Å². The lowest BCUT2D eigenvalue weighted by atomic mass is 10.0. The number of aliphatic hydroxyl groups excluding tert-OH is 3. The summed E-state index contributed by atoms with van der Waals surface area (Å²) in [6.45, 7) is 0.237. The van der Waals surface area contributed by atoms with Crippen LogP contribution in [0.15, 0.2) is 0 Å². The van der Waals surface area contributed by atoms with E-state index in [1.807, 2.05) is 0 Å². The fourth-order valence-electron chi connectivity index (χ4n) is 1.08. The fourth-order valence-corrected chi connectivity index (χ4v) is 1.08. The minimum Gasteiger partial charge on any atom is -0.390 e. The molecule has 1 aliphatic heterocycles. The SMILES string of the molecule is NC[C@@H]1C[C@H](O)[C@@H](O)[C@H](O)O1. The highest BCUT2D eigenvalue weighted by atomic mass is 16.6. The fraction of sp³-hybridized carbons (Fsp3) is 1.00. The Kier molecular flexibility index (Phi) is 2.80. The Morgan fingerprint density at radius 3 is 2.45 bits per heavy atom. The van der Waals surface area contributed by atoms with E-state index >= 15 is 0 Å². The lowest BCUT2D eigenvalue weighted by Gasteiger charge is -2.33. The minimum absolute atomic E-state index is 0.237. The summed E-state index contributed by atoms with van der Waals surface area (Å²) in [4.78, 5) is 0. The van der Waals surface area contributed by atoms with E-state index in [4.69, 9.17) is 25.8 Å². The van der Waals surface area contributed by atoms with Gasteiger partial charge in [0, 0.05) is 13.0 Å². The molecule has 11 heavy (non-hydrogen) atoms. The Morgan fingerprint density at radius 2 is 2.00 bits per heavy atom. The van der Waals surface area contributed by atoms with Crippen molar-refractivity contribution < 1.29 is 20.1 Å². The summed E-state index contributed by atoms with van der Waals surface area (Å²) in [6, 6.07) is 0. The zero-order valence-electron chi connectivity index (χ0n) is 6.05. The second kappa shape index (κ2) is 3.46. The molecule has 1 heterocycles. The van der Waals surface area contributed by atoms with Crippen molar-refractivity contribution >= 4 is 0 Å². The van der Waals surface area contributed by atoms with Crippen LogP contribution in [0.3, 0.4) is 0 Å². The van der Waals surface area contributed by atoms with Gasteiger partial charge in [-0.15, -0.1) is 0 Å². The number of hydrogen-bond donors (Lipinski definition) is 4. The molecule has 0 spiro atoms.